The van der Waals surface area contributed by atoms with E-state index in [2.05, 4.69) is 31.9 Å². The predicted octanol–water partition coefficient (Wildman–Crippen LogP) is 5.65. The number of rotatable bonds is 4. The average Bonchev–Trinajstić information content (AvgIpc) is 2.65. The molecule has 1 heterocycles. The topological polar surface area (TPSA) is 35.5 Å². The first-order valence-electron chi connectivity index (χ1n) is 7.77. The minimum Gasteiger partial charge on any atom is -0.400 e. The van der Waals surface area contributed by atoms with Crippen LogP contribution in [-0.2, 0) is 14.1 Å². The van der Waals surface area contributed by atoms with Gasteiger partial charge >= 0.3 is 7.12 Å². The second kappa shape index (κ2) is 7.84. The van der Waals surface area contributed by atoms with E-state index in [-0.39, 0.29) is 10.9 Å². The Kier molecular flexibility index (Phi) is 6.64. The lowest BCUT2D eigenvalue weighted by Crippen LogP contribution is -2.41. The number of hydrogen-bond donors (Lipinski definition) is 0. The highest BCUT2D eigenvalue weighted by Gasteiger charge is 2.52. The zero-order chi connectivity index (χ0) is 19.0. The second-order valence-electron chi connectivity index (χ2n) is 6.87. The molecule has 0 spiro atoms. The molecule has 136 valence electrons. The molecule has 0 atom stereocenters. The first-order chi connectivity index (χ1) is 11.4. The van der Waals surface area contributed by atoms with Crippen molar-refractivity contribution in [1.29, 1.82) is 0 Å². The van der Waals surface area contributed by atoms with Crippen LogP contribution in [0.1, 0.15) is 40.2 Å². The summed E-state index contributed by atoms with van der Waals surface area (Å²) >= 11 is 7.81. The minimum atomic E-state index is -0.633. The van der Waals surface area contributed by atoms with Gasteiger partial charge in [0.25, 0.3) is 0 Å². The van der Waals surface area contributed by atoms with E-state index < -0.39 is 18.3 Å². The summed E-state index contributed by atoms with van der Waals surface area (Å²) in [5, 5.41) is -0.0160. The Balaban J connectivity index is 2.42. The molecule has 0 aromatic heterocycles. The van der Waals surface area contributed by atoms with Gasteiger partial charge in [-0.25, -0.2) is 4.39 Å². The number of hydrogen-bond acceptors (Lipinski definition) is 4. The van der Waals surface area contributed by atoms with Crippen LogP contribution in [0.2, 0.25) is 0 Å². The molecule has 0 amide bonds. The molecular weight excluding hydrogens is 474 g/mol. The Labute approximate surface area is 169 Å². The summed E-state index contributed by atoms with van der Waals surface area (Å²) < 4.78 is 27.8. The van der Waals surface area contributed by atoms with Gasteiger partial charge < -0.3 is 9.31 Å². The van der Waals surface area contributed by atoms with E-state index in [1.54, 1.807) is 12.1 Å². The Bertz CT molecular complexity index is 683. The minimum absolute atomic E-state index is 0.0160. The number of carbonyl (C=O) groups is 1. The van der Waals surface area contributed by atoms with Crippen molar-refractivity contribution in [2.45, 2.75) is 45.8 Å². The molecule has 0 aliphatic carbocycles. The lowest BCUT2D eigenvalue weighted by Gasteiger charge is -2.32. The molecule has 0 radical (unpaired) electrons. The van der Waals surface area contributed by atoms with Crippen LogP contribution in [-0.4, -0.2) is 29.2 Å². The van der Waals surface area contributed by atoms with Crippen LogP contribution in [0, 0.1) is 5.82 Å². The molecule has 1 aliphatic heterocycles. The van der Waals surface area contributed by atoms with Gasteiger partial charge in [0.2, 0.25) is 0 Å². The highest BCUT2D eigenvalue weighted by atomic mass is 79.9. The van der Waals surface area contributed by atoms with Gasteiger partial charge in [-0.1, -0.05) is 49.7 Å². The van der Waals surface area contributed by atoms with Crippen molar-refractivity contribution in [3.8, 4) is 0 Å². The first-order valence-corrected chi connectivity index (χ1v) is 10.3. The van der Waals surface area contributed by atoms with Gasteiger partial charge in [0.1, 0.15) is 5.82 Å². The summed E-state index contributed by atoms with van der Waals surface area (Å²) in [6, 6.07) is 3.17. The van der Waals surface area contributed by atoms with Crippen molar-refractivity contribution in [3.05, 3.63) is 37.9 Å². The van der Waals surface area contributed by atoms with Crippen molar-refractivity contribution in [2.24, 2.45) is 0 Å². The van der Waals surface area contributed by atoms with Crippen LogP contribution in [0.15, 0.2) is 26.6 Å². The molecule has 8 heteroatoms. The van der Waals surface area contributed by atoms with E-state index in [1.165, 1.54) is 13.0 Å². The van der Waals surface area contributed by atoms with Crippen molar-refractivity contribution < 1.29 is 18.5 Å². The first kappa shape index (κ1) is 21.2. The summed E-state index contributed by atoms with van der Waals surface area (Å²) in [5.41, 5.74) is 0.0955. The summed E-state index contributed by atoms with van der Waals surface area (Å²) in [4.78, 5) is 11.4. The summed E-state index contributed by atoms with van der Waals surface area (Å²) in [6.07, 6.45) is 1.70. The van der Waals surface area contributed by atoms with Crippen LogP contribution < -0.4 is 0 Å². The zero-order valence-corrected chi connectivity index (χ0v) is 18.8. The standard InChI is InChI=1S/C17H20BBr2FO3S/c1-10(22)25-9-11(18-23-16(2,3)17(4,5)24-18)6-13-14(20)7-12(19)8-15(13)21/h6-8H,9H2,1-5H3. The Morgan fingerprint density at radius 3 is 2.28 bits per heavy atom. The molecule has 1 aromatic rings. The van der Waals surface area contributed by atoms with Gasteiger partial charge in [-0.3, -0.25) is 4.79 Å². The van der Waals surface area contributed by atoms with Crippen molar-refractivity contribution in [3.63, 3.8) is 0 Å². The van der Waals surface area contributed by atoms with Gasteiger partial charge in [0.05, 0.1) is 11.2 Å². The number of halogens is 3. The Hall–Kier alpha value is -0.145. The number of carbonyl (C=O) groups excluding carboxylic acids is 1. The third-order valence-electron chi connectivity index (χ3n) is 4.37. The monoisotopic (exact) mass is 492 g/mol. The van der Waals surface area contributed by atoms with Crippen molar-refractivity contribution in [2.75, 3.05) is 5.75 Å². The summed E-state index contributed by atoms with van der Waals surface area (Å²) in [7, 11) is -0.633. The molecule has 2 rings (SSSR count). The van der Waals surface area contributed by atoms with Gasteiger partial charge in [-0.2, -0.15) is 0 Å². The van der Waals surface area contributed by atoms with E-state index in [9.17, 15) is 9.18 Å². The SMILES string of the molecule is CC(=O)SCC(=Cc1c(F)cc(Br)cc1Br)B1OC(C)(C)C(C)(C)O1. The molecule has 0 saturated carbocycles. The quantitative estimate of drug-likeness (QED) is 0.508. The maximum Gasteiger partial charge on any atom is 0.491 e. The third kappa shape index (κ3) is 4.98. The molecule has 0 unspecified atom stereocenters. The normalized spacial score (nSPS) is 19.4. The lowest BCUT2D eigenvalue weighted by atomic mass is 9.78. The van der Waals surface area contributed by atoms with Gasteiger partial charge in [0, 0.05) is 27.2 Å². The number of benzene rings is 1. The largest absolute Gasteiger partial charge is 0.491 e. The van der Waals surface area contributed by atoms with Gasteiger partial charge in [-0.15, -0.1) is 0 Å². The fraction of sp³-hybridized carbons (Fsp3) is 0.471. The molecule has 0 N–H and O–H groups in total. The maximum absolute atomic E-state index is 14.4. The average molecular weight is 494 g/mol. The maximum atomic E-state index is 14.4. The molecular formula is C17H20BBr2FO3S. The van der Waals surface area contributed by atoms with Crippen LogP contribution in [0.25, 0.3) is 6.08 Å². The molecule has 1 saturated heterocycles. The molecule has 1 aliphatic rings. The van der Waals surface area contributed by atoms with Crippen LogP contribution in [0.3, 0.4) is 0 Å². The summed E-state index contributed by atoms with van der Waals surface area (Å²) in [6.45, 7) is 9.33. The van der Waals surface area contributed by atoms with E-state index in [1.807, 2.05) is 27.7 Å². The molecule has 3 nitrogen and oxygen atoms in total. The van der Waals surface area contributed by atoms with E-state index in [0.717, 1.165) is 11.8 Å². The van der Waals surface area contributed by atoms with Crippen LogP contribution >= 0.6 is 43.6 Å². The number of thioether (sulfide) groups is 1. The van der Waals surface area contributed by atoms with Crippen LogP contribution in [0.4, 0.5) is 4.39 Å². The molecule has 25 heavy (non-hydrogen) atoms. The van der Waals surface area contributed by atoms with Crippen LogP contribution in [0.5, 0.6) is 0 Å². The zero-order valence-electron chi connectivity index (χ0n) is 14.8. The Morgan fingerprint density at radius 2 is 1.80 bits per heavy atom. The summed E-state index contributed by atoms with van der Waals surface area (Å²) in [5.74, 6) is -0.00299. The van der Waals surface area contributed by atoms with Gasteiger partial charge in [0.15, 0.2) is 5.12 Å². The fourth-order valence-corrected chi connectivity index (χ4v) is 4.11. The highest BCUT2D eigenvalue weighted by Crippen LogP contribution is 2.40. The fourth-order valence-electron chi connectivity index (χ4n) is 2.23. The second-order valence-corrected chi connectivity index (χ2v) is 9.79. The smallest absolute Gasteiger partial charge is 0.400 e. The predicted molar refractivity (Wildman–Crippen MR) is 109 cm³/mol. The lowest BCUT2D eigenvalue weighted by molar-refractivity contribution is -0.109. The van der Waals surface area contributed by atoms with Gasteiger partial charge in [-0.05, 0) is 45.3 Å². The van der Waals surface area contributed by atoms with E-state index >= 15 is 0 Å². The molecule has 1 aromatic carbocycles. The molecule has 0 bridgehead atoms. The van der Waals surface area contributed by atoms with E-state index in [4.69, 9.17) is 9.31 Å². The Morgan fingerprint density at radius 1 is 1.24 bits per heavy atom. The molecule has 1 fully saturated rings. The highest BCUT2D eigenvalue weighted by molar-refractivity contribution is 9.11. The van der Waals surface area contributed by atoms with Crippen molar-refractivity contribution >= 4 is 61.9 Å². The van der Waals surface area contributed by atoms with E-state index in [0.29, 0.717) is 25.7 Å². The third-order valence-corrected chi connectivity index (χ3v) is 6.37. The van der Waals surface area contributed by atoms with Crippen molar-refractivity contribution in [1.82, 2.24) is 0 Å².